The van der Waals surface area contributed by atoms with E-state index in [-0.39, 0.29) is 0 Å². The van der Waals surface area contributed by atoms with Crippen LogP contribution in [0.3, 0.4) is 0 Å². The van der Waals surface area contributed by atoms with Crippen molar-refractivity contribution < 1.29 is 9.26 Å². The number of methoxy groups -OCH3 is 1. The Kier molecular flexibility index (Phi) is 4.74. The summed E-state index contributed by atoms with van der Waals surface area (Å²) >= 11 is 0. The van der Waals surface area contributed by atoms with Gasteiger partial charge in [-0.1, -0.05) is 24.6 Å². The minimum Gasteiger partial charge on any atom is -0.496 e. The normalized spacial score (nSPS) is 12.4. The van der Waals surface area contributed by atoms with Crippen LogP contribution >= 0.6 is 0 Å². The lowest BCUT2D eigenvalue weighted by atomic mass is 10.0. The van der Waals surface area contributed by atoms with E-state index in [2.05, 4.69) is 17.1 Å². The van der Waals surface area contributed by atoms with Gasteiger partial charge in [0.05, 0.1) is 12.7 Å². The van der Waals surface area contributed by atoms with Gasteiger partial charge in [-0.15, -0.1) is 0 Å². The molecular weight excluding hydrogens is 254 g/mol. The lowest BCUT2D eigenvalue weighted by molar-refractivity contribution is 0.350. The third-order valence-corrected chi connectivity index (χ3v) is 3.44. The SMILES string of the molecule is CCC(CN)Cc1nc(-c2ccc(C)cc2OC)no1. The summed E-state index contributed by atoms with van der Waals surface area (Å²) < 4.78 is 10.7. The van der Waals surface area contributed by atoms with E-state index in [9.17, 15) is 0 Å². The second-order valence-electron chi connectivity index (χ2n) is 4.93. The molecule has 2 aromatic rings. The molecule has 0 spiro atoms. The molecule has 5 nitrogen and oxygen atoms in total. The maximum absolute atomic E-state index is 5.70. The number of rotatable bonds is 6. The number of ether oxygens (including phenoxy) is 1. The van der Waals surface area contributed by atoms with Gasteiger partial charge in [0.2, 0.25) is 11.7 Å². The van der Waals surface area contributed by atoms with Crippen LogP contribution in [0, 0.1) is 12.8 Å². The third-order valence-electron chi connectivity index (χ3n) is 3.44. The molecule has 0 saturated carbocycles. The van der Waals surface area contributed by atoms with E-state index < -0.39 is 0 Å². The van der Waals surface area contributed by atoms with Crippen molar-refractivity contribution in [3.05, 3.63) is 29.7 Å². The number of hydrogen-bond acceptors (Lipinski definition) is 5. The number of aromatic nitrogens is 2. The van der Waals surface area contributed by atoms with Gasteiger partial charge in [0, 0.05) is 6.42 Å². The third kappa shape index (κ3) is 3.17. The summed E-state index contributed by atoms with van der Waals surface area (Å²) in [4.78, 5) is 4.44. The monoisotopic (exact) mass is 275 g/mol. The Labute approximate surface area is 119 Å². The van der Waals surface area contributed by atoms with Crippen LogP contribution in [-0.2, 0) is 6.42 Å². The largest absolute Gasteiger partial charge is 0.496 e. The summed E-state index contributed by atoms with van der Waals surface area (Å²) in [7, 11) is 1.64. The molecule has 1 unspecified atom stereocenters. The highest BCUT2D eigenvalue weighted by molar-refractivity contribution is 5.64. The molecule has 108 valence electrons. The second-order valence-corrected chi connectivity index (χ2v) is 4.93. The average molecular weight is 275 g/mol. The van der Waals surface area contributed by atoms with Crippen LogP contribution in [0.1, 0.15) is 24.8 Å². The Morgan fingerprint density at radius 1 is 1.40 bits per heavy atom. The topological polar surface area (TPSA) is 74.2 Å². The van der Waals surface area contributed by atoms with Crippen LogP contribution in [0.25, 0.3) is 11.4 Å². The number of hydrogen-bond donors (Lipinski definition) is 1. The number of aryl methyl sites for hydroxylation is 1. The van der Waals surface area contributed by atoms with Gasteiger partial charge in [0.1, 0.15) is 5.75 Å². The Balaban J connectivity index is 2.24. The molecule has 2 N–H and O–H groups in total. The molecule has 0 aliphatic heterocycles. The number of benzene rings is 1. The van der Waals surface area contributed by atoms with E-state index in [1.165, 1.54) is 0 Å². The van der Waals surface area contributed by atoms with Crippen LogP contribution in [-0.4, -0.2) is 23.8 Å². The van der Waals surface area contributed by atoms with Crippen LogP contribution < -0.4 is 10.5 Å². The van der Waals surface area contributed by atoms with Crippen LogP contribution in [0.2, 0.25) is 0 Å². The summed E-state index contributed by atoms with van der Waals surface area (Å²) in [5, 5.41) is 4.04. The molecule has 0 saturated heterocycles. The van der Waals surface area contributed by atoms with E-state index >= 15 is 0 Å². The van der Waals surface area contributed by atoms with Crippen LogP contribution in [0.5, 0.6) is 5.75 Å². The molecular formula is C15H21N3O2. The first-order chi connectivity index (χ1) is 9.67. The Morgan fingerprint density at radius 3 is 2.85 bits per heavy atom. The first kappa shape index (κ1) is 14.5. The molecule has 0 aliphatic rings. The maximum Gasteiger partial charge on any atom is 0.227 e. The standard InChI is InChI=1S/C15H21N3O2/c1-4-11(9-16)8-14-17-15(18-20-14)12-6-5-10(2)7-13(12)19-3/h5-7,11H,4,8-9,16H2,1-3H3. The van der Waals surface area contributed by atoms with E-state index in [1.807, 2.05) is 25.1 Å². The van der Waals surface area contributed by atoms with Crippen molar-refractivity contribution in [3.63, 3.8) is 0 Å². The first-order valence-electron chi connectivity index (χ1n) is 6.85. The van der Waals surface area contributed by atoms with Gasteiger partial charge in [-0.05, 0) is 37.1 Å². The molecule has 1 heterocycles. The first-order valence-corrected chi connectivity index (χ1v) is 6.85. The summed E-state index contributed by atoms with van der Waals surface area (Å²) in [5.41, 5.74) is 7.67. The molecule has 0 bridgehead atoms. The Morgan fingerprint density at radius 2 is 2.20 bits per heavy atom. The van der Waals surface area contributed by atoms with Crippen molar-refractivity contribution in [2.24, 2.45) is 11.7 Å². The van der Waals surface area contributed by atoms with Crippen molar-refractivity contribution in [1.82, 2.24) is 10.1 Å². The quantitative estimate of drug-likeness (QED) is 0.877. The average Bonchev–Trinajstić information content (AvgIpc) is 2.92. The summed E-state index contributed by atoms with van der Waals surface area (Å²) in [6, 6.07) is 5.91. The highest BCUT2D eigenvalue weighted by Gasteiger charge is 2.15. The second kappa shape index (κ2) is 6.52. The smallest absolute Gasteiger partial charge is 0.227 e. The van der Waals surface area contributed by atoms with Gasteiger partial charge in [-0.25, -0.2) is 0 Å². The molecule has 1 aromatic carbocycles. The van der Waals surface area contributed by atoms with E-state index in [0.717, 1.165) is 23.3 Å². The van der Waals surface area contributed by atoms with Gasteiger partial charge >= 0.3 is 0 Å². The highest BCUT2D eigenvalue weighted by Crippen LogP contribution is 2.28. The molecule has 0 amide bonds. The zero-order valence-corrected chi connectivity index (χ0v) is 12.2. The minimum atomic E-state index is 0.378. The molecule has 1 atom stereocenters. The van der Waals surface area contributed by atoms with Gasteiger partial charge in [-0.3, -0.25) is 0 Å². The lowest BCUT2D eigenvalue weighted by Gasteiger charge is -2.07. The minimum absolute atomic E-state index is 0.378. The predicted octanol–water partition coefficient (Wildman–Crippen LogP) is 2.58. The van der Waals surface area contributed by atoms with E-state index in [0.29, 0.717) is 30.6 Å². The molecule has 5 heteroatoms. The fraction of sp³-hybridized carbons (Fsp3) is 0.467. The number of nitrogens with zero attached hydrogens (tertiary/aromatic N) is 2. The van der Waals surface area contributed by atoms with Gasteiger partial charge in [0.25, 0.3) is 0 Å². The van der Waals surface area contributed by atoms with Crippen molar-refractivity contribution in [2.75, 3.05) is 13.7 Å². The Bertz CT molecular complexity index is 562. The predicted molar refractivity (Wildman–Crippen MR) is 77.6 cm³/mol. The van der Waals surface area contributed by atoms with Gasteiger partial charge in [0.15, 0.2) is 0 Å². The summed E-state index contributed by atoms with van der Waals surface area (Å²) in [5.74, 6) is 2.31. The fourth-order valence-corrected chi connectivity index (χ4v) is 2.07. The van der Waals surface area contributed by atoms with Gasteiger partial charge in [-0.2, -0.15) is 4.98 Å². The zero-order valence-electron chi connectivity index (χ0n) is 12.2. The van der Waals surface area contributed by atoms with E-state index in [4.69, 9.17) is 15.0 Å². The summed E-state index contributed by atoms with van der Waals surface area (Å²) in [6.07, 6.45) is 1.72. The zero-order chi connectivity index (χ0) is 14.5. The van der Waals surface area contributed by atoms with Crippen LogP contribution in [0.4, 0.5) is 0 Å². The van der Waals surface area contributed by atoms with Gasteiger partial charge < -0.3 is 15.0 Å². The highest BCUT2D eigenvalue weighted by atomic mass is 16.5. The number of nitrogens with two attached hydrogens (primary N) is 1. The van der Waals surface area contributed by atoms with Crippen molar-refractivity contribution in [1.29, 1.82) is 0 Å². The van der Waals surface area contributed by atoms with Crippen molar-refractivity contribution in [2.45, 2.75) is 26.7 Å². The molecule has 0 fully saturated rings. The summed E-state index contributed by atoms with van der Waals surface area (Å²) in [6.45, 7) is 4.75. The van der Waals surface area contributed by atoms with E-state index in [1.54, 1.807) is 7.11 Å². The molecule has 1 aromatic heterocycles. The molecule has 0 radical (unpaired) electrons. The Hall–Kier alpha value is -1.88. The maximum atomic E-state index is 5.70. The van der Waals surface area contributed by atoms with Crippen LogP contribution in [0.15, 0.2) is 22.7 Å². The fourth-order valence-electron chi connectivity index (χ4n) is 2.07. The molecule has 2 rings (SSSR count). The molecule has 0 aliphatic carbocycles. The van der Waals surface area contributed by atoms with Crippen molar-refractivity contribution >= 4 is 0 Å². The lowest BCUT2D eigenvalue weighted by Crippen LogP contribution is -2.15. The molecule has 20 heavy (non-hydrogen) atoms. The van der Waals surface area contributed by atoms with Crippen molar-refractivity contribution in [3.8, 4) is 17.1 Å².